The Morgan fingerprint density at radius 1 is 1.35 bits per heavy atom. The molecule has 1 fully saturated rings. The van der Waals surface area contributed by atoms with Gasteiger partial charge in [-0.05, 0) is 31.2 Å². The first-order valence-corrected chi connectivity index (χ1v) is 6.67. The van der Waals surface area contributed by atoms with E-state index in [-0.39, 0.29) is 11.3 Å². The third-order valence-electron chi connectivity index (χ3n) is 3.62. The van der Waals surface area contributed by atoms with Crippen LogP contribution in [0.3, 0.4) is 0 Å². The summed E-state index contributed by atoms with van der Waals surface area (Å²) in [5.41, 5.74) is 5.98. The van der Waals surface area contributed by atoms with Gasteiger partial charge < -0.3 is 15.4 Å². The molecule has 2 N–H and O–H groups in total. The lowest BCUT2D eigenvalue weighted by molar-refractivity contribution is -0.134. The summed E-state index contributed by atoms with van der Waals surface area (Å²) in [4.78, 5) is 13.8. The minimum Gasteiger partial charge on any atom is -0.381 e. The summed E-state index contributed by atoms with van der Waals surface area (Å²) in [6.07, 6.45) is 3.56. The number of piperidine rings is 1. The summed E-state index contributed by atoms with van der Waals surface area (Å²) in [6.45, 7) is 7.99. The minimum atomic E-state index is 0.222. The molecule has 1 heterocycles. The zero-order valence-electron chi connectivity index (χ0n) is 11.2. The van der Waals surface area contributed by atoms with Crippen LogP contribution in [0.15, 0.2) is 0 Å². The Bertz CT molecular complexity index is 236. The lowest BCUT2D eigenvalue weighted by Gasteiger charge is -2.38. The van der Waals surface area contributed by atoms with Crippen molar-refractivity contribution in [1.82, 2.24) is 4.90 Å². The Hall–Kier alpha value is -0.610. The molecular formula is C13H26N2O2. The van der Waals surface area contributed by atoms with Crippen LogP contribution in [0.1, 0.15) is 39.5 Å². The molecule has 0 aromatic heterocycles. The Morgan fingerprint density at radius 3 is 2.53 bits per heavy atom. The predicted molar refractivity (Wildman–Crippen MR) is 68.7 cm³/mol. The van der Waals surface area contributed by atoms with Crippen molar-refractivity contribution >= 4 is 5.91 Å². The van der Waals surface area contributed by atoms with Crippen LogP contribution in [0.4, 0.5) is 0 Å². The predicted octanol–water partition coefficient (Wildman–Crippen LogP) is 1.39. The second-order valence-electron chi connectivity index (χ2n) is 5.26. The topological polar surface area (TPSA) is 55.6 Å². The van der Waals surface area contributed by atoms with Gasteiger partial charge in [0.15, 0.2) is 0 Å². The summed E-state index contributed by atoms with van der Waals surface area (Å²) in [6, 6.07) is 0. The van der Waals surface area contributed by atoms with Gasteiger partial charge in [0.1, 0.15) is 0 Å². The Labute approximate surface area is 104 Å². The summed E-state index contributed by atoms with van der Waals surface area (Å²) >= 11 is 0. The van der Waals surface area contributed by atoms with Crippen molar-refractivity contribution in [3.8, 4) is 0 Å². The first kappa shape index (κ1) is 14.5. The van der Waals surface area contributed by atoms with E-state index in [1.807, 2.05) is 4.90 Å². The first-order valence-electron chi connectivity index (χ1n) is 6.67. The van der Waals surface area contributed by atoms with Crippen molar-refractivity contribution in [2.75, 3.05) is 32.8 Å². The second-order valence-corrected chi connectivity index (χ2v) is 5.26. The highest BCUT2D eigenvalue weighted by atomic mass is 16.5. The minimum absolute atomic E-state index is 0.222. The normalized spacial score (nSPS) is 19.4. The van der Waals surface area contributed by atoms with Crippen LogP contribution in [0.25, 0.3) is 0 Å². The summed E-state index contributed by atoms with van der Waals surface area (Å²) in [5.74, 6) is 0.222. The van der Waals surface area contributed by atoms with Crippen LogP contribution < -0.4 is 5.73 Å². The smallest absolute Gasteiger partial charge is 0.224 e. The van der Waals surface area contributed by atoms with Gasteiger partial charge in [-0.15, -0.1) is 0 Å². The fraction of sp³-hybridized carbons (Fsp3) is 0.923. The van der Waals surface area contributed by atoms with Gasteiger partial charge in [-0.2, -0.15) is 0 Å². The van der Waals surface area contributed by atoms with Gasteiger partial charge in [-0.3, -0.25) is 4.79 Å². The summed E-state index contributed by atoms with van der Waals surface area (Å²) < 4.78 is 5.34. The van der Waals surface area contributed by atoms with E-state index in [4.69, 9.17) is 10.5 Å². The van der Waals surface area contributed by atoms with Crippen molar-refractivity contribution in [3.05, 3.63) is 0 Å². The molecular weight excluding hydrogens is 216 g/mol. The first-order chi connectivity index (χ1) is 8.11. The van der Waals surface area contributed by atoms with E-state index in [0.29, 0.717) is 19.6 Å². The number of likely N-dealkylation sites (tertiary alicyclic amines) is 1. The van der Waals surface area contributed by atoms with Gasteiger partial charge in [-0.1, -0.05) is 13.8 Å². The van der Waals surface area contributed by atoms with Crippen molar-refractivity contribution in [2.45, 2.75) is 39.5 Å². The highest BCUT2D eigenvalue weighted by molar-refractivity contribution is 5.76. The summed E-state index contributed by atoms with van der Waals surface area (Å²) in [7, 11) is 0. The van der Waals surface area contributed by atoms with Crippen LogP contribution in [0.5, 0.6) is 0 Å². The average Bonchev–Trinajstić information content (AvgIpc) is 2.35. The van der Waals surface area contributed by atoms with E-state index in [1.54, 1.807) is 0 Å². The monoisotopic (exact) mass is 242 g/mol. The molecule has 4 nitrogen and oxygen atoms in total. The van der Waals surface area contributed by atoms with Crippen LogP contribution in [0.2, 0.25) is 0 Å². The quantitative estimate of drug-likeness (QED) is 0.716. The van der Waals surface area contributed by atoms with Gasteiger partial charge in [0, 0.05) is 19.7 Å². The van der Waals surface area contributed by atoms with E-state index in [2.05, 4.69) is 13.8 Å². The highest BCUT2D eigenvalue weighted by Gasteiger charge is 2.30. The molecule has 0 bridgehead atoms. The molecule has 1 aliphatic rings. The maximum atomic E-state index is 11.9. The molecule has 1 saturated heterocycles. The molecule has 1 aliphatic heterocycles. The van der Waals surface area contributed by atoms with Gasteiger partial charge in [0.05, 0.1) is 13.0 Å². The van der Waals surface area contributed by atoms with E-state index in [1.165, 1.54) is 0 Å². The highest BCUT2D eigenvalue weighted by Crippen LogP contribution is 2.29. The van der Waals surface area contributed by atoms with Crippen molar-refractivity contribution < 1.29 is 9.53 Å². The largest absolute Gasteiger partial charge is 0.381 e. The molecule has 0 atom stereocenters. The number of hydrogen-bond acceptors (Lipinski definition) is 3. The van der Waals surface area contributed by atoms with Crippen molar-refractivity contribution in [3.63, 3.8) is 0 Å². The van der Waals surface area contributed by atoms with Gasteiger partial charge in [-0.25, -0.2) is 0 Å². The molecule has 4 heteroatoms. The number of carbonyl (C=O) groups excluding carboxylic acids is 1. The zero-order chi connectivity index (χ0) is 12.7. The van der Waals surface area contributed by atoms with Crippen LogP contribution in [0, 0.1) is 5.41 Å². The molecule has 100 valence electrons. The maximum Gasteiger partial charge on any atom is 0.224 e. The molecule has 0 aromatic rings. The van der Waals surface area contributed by atoms with Crippen LogP contribution in [-0.2, 0) is 9.53 Å². The van der Waals surface area contributed by atoms with Crippen molar-refractivity contribution in [1.29, 1.82) is 0 Å². The van der Waals surface area contributed by atoms with Crippen LogP contribution in [-0.4, -0.2) is 43.7 Å². The number of hydrogen-bond donors (Lipinski definition) is 1. The molecule has 1 amide bonds. The Balaban J connectivity index is 2.22. The molecule has 0 spiro atoms. The third-order valence-corrected chi connectivity index (χ3v) is 3.62. The second kappa shape index (κ2) is 6.97. The van der Waals surface area contributed by atoms with E-state index in [9.17, 15) is 4.79 Å². The molecule has 0 aromatic carbocycles. The zero-order valence-corrected chi connectivity index (χ0v) is 11.2. The molecule has 0 saturated carbocycles. The van der Waals surface area contributed by atoms with Gasteiger partial charge in [0.25, 0.3) is 0 Å². The molecule has 0 aliphatic carbocycles. The molecule has 17 heavy (non-hydrogen) atoms. The number of ether oxygens (including phenoxy) is 1. The molecule has 0 radical (unpaired) electrons. The SMILES string of the molecule is CCCOCCC(=O)N1CCC(C)(CN)CC1. The van der Waals surface area contributed by atoms with E-state index in [0.717, 1.165) is 39.0 Å². The number of carbonyl (C=O) groups is 1. The third kappa shape index (κ3) is 4.64. The van der Waals surface area contributed by atoms with Gasteiger partial charge >= 0.3 is 0 Å². The van der Waals surface area contributed by atoms with Crippen molar-refractivity contribution in [2.24, 2.45) is 11.1 Å². The van der Waals surface area contributed by atoms with E-state index >= 15 is 0 Å². The molecule has 0 unspecified atom stereocenters. The number of nitrogens with two attached hydrogens (primary N) is 1. The standard InChI is InChI=1S/C13H26N2O2/c1-3-9-17-10-4-12(16)15-7-5-13(2,11-14)6-8-15/h3-11,14H2,1-2H3. The number of nitrogens with zero attached hydrogens (tertiary/aromatic N) is 1. The number of rotatable bonds is 6. The fourth-order valence-corrected chi connectivity index (χ4v) is 2.06. The Morgan fingerprint density at radius 2 is 2.00 bits per heavy atom. The van der Waals surface area contributed by atoms with Crippen LogP contribution >= 0.6 is 0 Å². The number of amides is 1. The van der Waals surface area contributed by atoms with Gasteiger partial charge in [0.2, 0.25) is 5.91 Å². The lowest BCUT2D eigenvalue weighted by atomic mass is 9.80. The maximum absolute atomic E-state index is 11.9. The summed E-state index contributed by atoms with van der Waals surface area (Å²) in [5, 5.41) is 0. The molecule has 1 rings (SSSR count). The lowest BCUT2D eigenvalue weighted by Crippen LogP contribution is -2.44. The fourth-order valence-electron chi connectivity index (χ4n) is 2.06. The average molecular weight is 242 g/mol. The Kier molecular flexibility index (Phi) is 5.92. The van der Waals surface area contributed by atoms with E-state index < -0.39 is 0 Å².